The fourth-order valence-electron chi connectivity index (χ4n) is 1.14. The topological polar surface area (TPSA) is 41.7 Å². The highest BCUT2D eigenvalue weighted by Crippen LogP contribution is 2.23. The highest BCUT2D eigenvalue weighted by Gasteiger charge is 2.00. The molecule has 0 atom stereocenters. The molecule has 16 heavy (non-hydrogen) atoms. The van der Waals surface area contributed by atoms with Crippen molar-refractivity contribution in [2.75, 3.05) is 0 Å². The number of hydrogen-bond donors (Lipinski definition) is 1. The monoisotopic (exact) mass is 275 g/mol. The number of rotatable bonds is 1. The standard InChI is InChI=1S/C10H7Cl2N3.ClH/c11-9-2-1-8(5-10(9)12)15-4-3-7(13)6-14-15;/h1-6,13H;1H. The van der Waals surface area contributed by atoms with Crippen molar-refractivity contribution < 1.29 is 0 Å². The third-order valence-electron chi connectivity index (χ3n) is 1.88. The molecule has 2 rings (SSSR count). The van der Waals surface area contributed by atoms with Gasteiger partial charge >= 0.3 is 0 Å². The Morgan fingerprint density at radius 2 is 1.88 bits per heavy atom. The molecule has 0 bridgehead atoms. The van der Waals surface area contributed by atoms with Crippen LogP contribution in [0.3, 0.4) is 0 Å². The number of halogens is 3. The van der Waals surface area contributed by atoms with Crippen LogP contribution in [0.4, 0.5) is 0 Å². The minimum Gasteiger partial charge on any atom is -0.299 e. The zero-order chi connectivity index (χ0) is 10.8. The molecule has 0 aliphatic heterocycles. The summed E-state index contributed by atoms with van der Waals surface area (Å²) in [5.41, 5.74) is 0.810. The van der Waals surface area contributed by atoms with Crippen molar-refractivity contribution in [3.05, 3.63) is 52.1 Å². The fourth-order valence-corrected chi connectivity index (χ4v) is 1.43. The average Bonchev–Trinajstić information content (AvgIpc) is 2.23. The zero-order valence-electron chi connectivity index (χ0n) is 8.02. The van der Waals surface area contributed by atoms with Gasteiger partial charge in [0.05, 0.1) is 27.3 Å². The van der Waals surface area contributed by atoms with Crippen LogP contribution >= 0.6 is 35.6 Å². The van der Waals surface area contributed by atoms with Gasteiger partial charge in [-0.1, -0.05) is 23.2 Å². The van der Waals surface area contributed by atoms with Crippen LogP contribution in [0.2, 0.25) is 10.0 Å². The molecular formula is C10H8Cl3N3. The second-order valence-electron chi connectivity index (χ2n) is 2.96. The van der Waals surface area contributed by atoms with Crippen molar-refractivity contribution in [2.24, 2.45) is 0 Å². The molecule has 2 aromatic rings. The molecule has 1 aromatic heterocycles. The maximum Gasteiger partial charge on any atom is 0.0756 e. The maximum atomic E-state index is 7.31. The van der Waals surface area contributed by atoms with Gasteiger partial charge in [0, 0.05) is 6.20 Å². The summed E-state index contributed by atoms with van der Waals surface area (Å²) in [6.45, 7) is 0. The predicted molar refractivity (Wildman–Crippen MR) is 66.7 cm³/mol. The normalized spacial score (nSPS) is 9.62. The fraction of sp³-hybridized carbons (Fsp3) is 0. The Morgan fingerprint density at radius 3 is 2.44 bits per heavy atom. The molecule has 0 saturated heterocycles. The van der Waals surface area contributed by atoms with Gasteiger partial charge in [-0.15, -0.1) is 12.4 Å². The van der Waals surface area contributed by atoms with Crippen LogP contribution in [0.25, 0.3) is 5.69 Å². The molecule has 0 aliphatic carbocycles. The summed E-state index contributed by atoms with van der Waals surface area (Å²) in [4.78, 5) is 0. The Labute approximate surface area is 109 Å². The zero-order valence-corrected chi connectivity index (χ0v) is 10.4. The molecule has 0 unspecified atom stereocenters. The van der Waals surface area contributed by atoms with Crippen LogP contribution in [0.1, 0.15) is 0 Å². The van der Waals surface area contributed by atoms with Crippen molar-refractivity contribution in [3.63, 3.8) is 0 Å². The van der Waals surface area contributed by atoms with E-state index in [0.717, 1.165) is 5.69 Å². The van der Waals surface area contributed by atoms with E-state index >= 15 is 0 Å². The first kappa shape index (κ1) is 13.0. The molecule has 6 heteroatoms. The molecule has 0 spiro atoms. The molecule has 0 aliphatic rings. The van der Waals surface area contributed by atoms with E-state index < -0.39 is 0 Å². The number of hydrogen-bond acceptors (Lipinski definition) is 2. The van der Waals surface area contributed by atoms with Gasteiger partial charge in [-0.3, -0.25) is 5.41 Å². The van der Waals surface area contributed by atoms with Gasteiger partial charge in [0.15, 0.2) is 0 Å². The van der Waals surface area contributed by atoms with Crippen molar-refractivity contribution >= 4 is 35.6 Å². The summed E-state index contributed by atoms with van der Waals surface area (Å²) < 4.78 is 1.63. The van der Waals surface area contributed by atoms with Gasteiger partial charge < -0.3 is 0 Å². The summed E-state index contributed by atoms with van der Waals surface area (Å²) in [5, 5.41) is 12.7. The smallest absolute Gasteiger partial charge is 0.0756 e. The van der Waals surface area contributed by atoms with Crippen molar-refractivity contribution in [2.45, 2.75) is 0 Å². The Balaban J connectivity index is 0.00000128. The van der Waals surface area contributed by atoms with E-state index in [4.69, 9.17) is 28.6 Å². The molecule has 0 radical (unpaired) electrons. The van der Waals surface area contributed by atoms with E-state index in [2.05, 4.69) is 5.10 Å². The second kappa shape index (κ2) is 5.34. The average molecular weight is 277 g/mol. The Bertz CT molecular complexity index is 531. The SMILES string of the molecule is Cl.N=c1ccn(-c2ccc(Cl)c(Cl)c2)nc1. The number of benzene rings is 1. The van der Waals surface area contributed by atoms with E-state index in [9.17, 15) is 0 Å². The van der Waals surface area contributed by atoms with E-state index in [1.54, 1.807) is 29.1 Å². The van der Waals surface area contributed by atoms with Crippen LogP contribution in [-0.2, 0) is 0 Å². The van der Waals surface area contributed by atoms with Gasteiger partial charge in [-0.25, -0.2) is 4.68 Å². The Hall–Kier alpha value is -1.03. The highest BCUT2D eigenvalue weighted by molar-refractivity contribution is 6.42. The molecule has 84 valence electrons. The summed E-state index contributed by atoms with van der Waals surface area (Å²) in [6, 6.07) is 6.89. The predicted octanol–water partition coefficient (Wildman–Crippen LogP) is 3.08. The minimum atomic E-state index is 0. The Kier molecular flexibility index (Phi) is 4.35. The maximum absolute atomic E-state index is 7.31. The number of nitrogens with one attached hydrogen (secondary N) is 1. The second-order valence-corrected chi connectivity index (χ2v) is 3.77. The van der Waals surface area contributed by atoms with Crippen molar-refractivity contribution in [3.8, 4) is 5.69 Å². The van der Waals surface area contributed by atoms with Crippen LogP contribution in [-0.4, -0.2) is 9.78 Å². The molecular weight excluding hydrogens is 268 g/mol. The highest BCUT2D eigenvalue weighted by atomic mass is 35.5. The lowest BCUT2D eigenvalue weighted by atomic mass is 10.3. The van der Waals surface area contributed by atoms with Crippen LogP contribution in [0.15, 0.2) is 36.7 Å². The number of aromatic nitrogens is 2. The van der Waals surface area contributed by atoms with E-state index in [0.29, 0.717) is 15.4 Å². The van der Waals surface area contributed by atoms with Crippen LogP contribution in [0.5, 0.6) is 0 Å². The summed E-state index contributed by atoms with van der Waals surface area (Å²) >= 11 is 11.7. The summed E-state index contributed by atoms with van der Waals surface area (Å²) in [5.74, 6) is 0. The third-order valence-corrected chi connectivity index (χ3v) is 2.62. The van der Waals surface area contributed by atoms with E-state index in [1.807, 2.05) is 6.07 Å². The number of nitrogens with zero attached hydrogens (tertiary/aromatic N) is 2. The molecule has 1 heterocycles. The molecule has 1 N–H and O–H groups in total. The van der Waals surface area contributed by atoms with Gasteiger partial charge in [-0.2, -0.15) is 5.10 Å². The summed E-state index contributed by atoms with van der Waals surface area (Å²) in [6.07, 6.45) is 3.16. The first-order valence-electron chi connectivity index (χ1n) is 4.22. The molecule has 0 fully saturated rings. The van der Waals surface area contributed by atoms with Gasteiger partial charge in [0.1, 0.15) is 0 Å². The first-order valence-corrected chi connectivity index (χ1v) is 4.97. The van der Waals surface area contributed by atoms with Crippen LogP contribution < -0.4 is 5.36 Å². The minimum absolute atomic E-state index is 0. The summed E-state index contributed by atoms with van der Waals surface area (Å²) in [7, 11) is 0. The van der Waals surface area contributed by atoms with E-state index in [-0.39, 0.29) is 12.4 Å². The lowest BCUT2D eigenvalue weighted by Crippen LogP contribution is -2.06. The Morgan fingerprint density at radius 1 is 1.12 bits per heavy atom. The molecule has 1 aromatic carbocycles. The van der Waals surface area contributed by atoms with Gasteiger partial charge in [-0.05, 0) is 24.3 Å². The molecule has 3 nitrogen and oxygen atoms in total. The quantitative estimate of drug-likeness (QED) is 0.854. The van der Waals surface area contributed by atoms with Gasteiger partial charge in [0.25, 0.3) is 0 Å². The first-order chi connectivity index (χ1) is 7.16. The lowest BCUT2D eigenvalue weighted by Gasteiger charge is -2.05. The largest absolute Gasteiger partial charge is 0.299 e. The van der Waals surface area contributed by atoms with Crippen molar-refractivity contribution in [1.29, 1.82) is 5.41 Å². The lowest BCUT2D eigenvalue weighted by molar-refractivity contribution is 0.829. The van der Waals surface area contributed by atoms with E-state index in [1.165, 1.54) is 6.20 Å². The van der Waals surface area contributed by atoms with Crippen molar-refractivity contribution in [1.82, 2.24) is 9.78 Å². The van der Waals surface area contributed by atoms with Gasteiger partial charge in [0.2, 0.25) is 0 Å². The third kappa shape index (κ3) is 2.76. The van der Waals surface area contributed by atoms with Crippen LogP contribution in [0, 0.1) is 5.41 Å². The molecule has 0 amide bonds. The molecule has 0 saturated carbocycles.